The predicted octanol–water partition coefficient (Wildman–Crippen LogP) is 2.04. The van der Waals surface area contributed by atoms with E-state index in [2.05, 4.69) is 23.9 Å². The first-order valence-electron chi connectivity index (χ1n) is 7.24. The molecule has 0 bridgehead atoms. The maximum Gasteiger partial charge on any atom is 0.185 e. The Morgan fingerprint density at radius 2 is 2.26 bits per heavy atom. The SMILES string of the molecule is CN(CC1CCCN1C)c1nc2c(s1)C(O)CCC2. The Labute approximate surface area is 119 Å². The monoisotopic (exact) mass is 281 g/mol. The number of hydrogen-bond acceptors (Lipinski definition) is 5. The summed E-state index contributed by atoms with van der Waals surface area (Å²) in [7, 11) is 4.34. The summed E-state index contributed by atoms with van der Waals surface area (Å²) in [4.78, 5) is 10.5. The molecule has 0 radical (unpaired) electrons. The smallest absolute Gasteiger partial charge is 0.185 e. The first-order valence-corrected chi connectivity index (χ1v) is 8.06. The highest BCUT2D eigenvalue weighted by atomic mass is 32.1. The van der Waals surface area contributed by atoms with Gasteiger partial charge in [0.25, 0.3) is 0 Å². The molecule has 4 nitrogen and oxygen atoms in total. The van der Waals surface area contributed by atoms with E-state index in [0.29, 0.717) is 6.04 Å². The van der Waals surface area contributed by atoms with Crippen LogP contribution in [0.15, 0.2) is 0 Å². The molecule has 2 unspecified atom stereocenters. The van der Waals surface area contributed by atoms with Crippen LogP contribution in [0.2, 0.25) is 0 Å². The van der Waals surface area contributed by atoms with E-state index >= 15 is 0 Å². The van der Waals surface area contributed by atoms with E-state index in [1.165, 1.54) is 19.4 Å². The Morgan fingerprint density at radius 3 is 2.95 bits per heavy atom. The van der Waals surface area contributed by atoms with Gasteiger partial charge in [-0.2, -0.15) is 0 Å². The third-order valence-electron chi connectivity index (χ3n) is 4.39. The number of aliphatic hydroxyl groups excluding tert-OH is 1. The zero-order chi connectivity index (χ0) is 13.4. The van der Waals surface area contributed by atoms with Crippen LogP contribution >= 0.6 is 11.3 Å². The van der Waals surface area contributed by atoms with Gasteiger partial charge in [0, 0.05) is 19.6 Å². The van der Waals surface area contributed by atoms with Crippen molar-refractivity contribution < 1.29 is 5.11 Å². The van der Waals surface area contributed by atoms with Crippen molar-refractivity contribution in [2.75, 3.05) is 32.1 Å². The zero-order valence-corrected chi connectivity index (χ0v) is 12.6. The number of aliphatic hydroxyl groups is 1. The van der Waals surface area contributed by atoms with E-state index in [1.54, 1.807) is 11.3 Å². The third kappa shape index (κ3) is 2.64. The minimum Gasteiger partial charge on any atom is -0.388 e. The van der Waals surface area contributed by atoms with Gasteiger partial charge >= 0.3 is 0 Å². The van der Waals surface area contributed by atoms with Gasteiger partial charge in [0.1, 0.15) is 0 Å². The molecular weight excluding hydrogens is 258 g/mol. The van der Waals surface area contributed by atoms with Gasteiger partial charge in [-0.25, -0.2) is 4.98 Å². The Hall–Kier alpha value is -0.650. The van der Waals surface area contributed by atoms with Crippen molar-refractivity contribution in [1.29, 1.82) is 0 Å². The third-order valence-corrected chi connectivity index (χ3v) is 5.71. The highest BCUT2D eigenvalue weighted by Gasteiger charge is 2.26. The normalized spacial score (nSPS) is 27.5. The maximum atomic E-state index is 10.0. The first-order chi connectivity index (χ1) is 9.15. The van der Waals surface area contributed by atoms with E-state index in [-0.39, 0.29) is 6.10 Å². The summed E-state index contributed by atoms with van der Waals surface area (Å²) in [6.45, 7) is 2.25. The van der Waals surface area contributed by atoms with E-state index < -0.39 is 0 Å². The van der Waals surface area contributed by atoms with Crippen LogP contribution in [0.4, 0.5) is 5.13 Å². The number of likely N-dealkylation sites (tertiary alicyclic amines) is 1. The van der Waals surface area contributed by atoms with Crippen molar-refractivity contribution in [1.82, 2.24) is 9.88 Å². The van der Waals surface area contributed by atoms with E-state index in [9.17, 15) is 5.11 Å². The highest BCUT2D eigenvalue weighted by Crippen LogP contribution is 2.37. The number of fused-ring (bicyclic) bond motifs is 1. The van der Waals surface area contributed by atoms with E-state index in [0.717, 1.165) is 41.5 Å². The molecule has 0 spiro atoms. The average molecular weight is 281 g/mol. The molecule has 1 aliphatic heterocycles. The van der Waals surface area contributed by atoms with Crippen molar-refractivity contribution in [3.8, 4) is 0 Å². The molecular formula is C14H23N3OS. The van der Waals surface area contributed by atoms with Crippen LogP contribution in [0.1, 0.15) is 42.4 Å². The van der Waals surface area contributed by atoms with Gasteiger partial charge in [0.2, 0.25) is 0 Å². The lowest BCUT2D eigenvalue weighted by Gasteiger charge is -2.25. The van der Waals surface area contributed by atoms with Crippen LogP contribution in [-0.4, -0.2) is 48.2 Å². The fourth-order valence-electron chi connectivity index (χ4n) is 3.15. The molecule has 5 heteroatoms. The summed E-state index contributed by atoms with van der Waals surface area (Å²) < 4.78 is 0. The van der Waals surface area contributed by atoms with Gasteiger partial charge in [0.15, 0.2) is 5.13 Å². The standard InChI is InChI=1S/C14H23N3OS/c1-16-8-4-5-10(16)9-17(2)14-15-11-6-3-7-12(18)13(11)19-14/h10,12,18H,3-9H2,1-2H3. The van der Waals surface area contributed by atoms with Crippen LogP contribution in [0.5, 0.6) is 0 Å². The Kier molecular flexibility index (Phi) is 3.78. The largest absolute Gasteiger partial charge is 0.388 e. The number of aryl methyl sites for hydroxylation is 1. The Bertz CT molecular complexity index is 448. The summed E-state index contributed by atoms with van der Waals surface area (Å²) in [5.74, 6) is 0. The second-order valence-corrected chi connectivity index (χ2v) is 6.88. The van der Waals surface area contributed by atoms with Crippen LogP contribution in [-0.2, 0) is 6.42 Å². The number of thiazole rings is 1. The van der Waals surface area contributed by atoms with Gasteiger partial charge in [-0.1, -0.05) is 11.3 Å². The number of hydrogen-bond donors (Lipinski definition) is 1. The molecule has 1 aromatic heterocycles. The van der Waals surface area contributed by atoms with Crippen LogP contribution in [0, 0.1) is 0 Å². The lowest BCUT2D eigenvalue weighted by Crippen LogP contribution is -2.36. The molecule has 0 aromatic carbocycles. The molecule has 0 saturated carbocycles. The summed E-state index contributed by atoms with van der Waals surface area (Å²) in [5, 5.41) is 11.1. The van der Waals surface area contributed by atoms with Gasteiger partial charge in [-0.3, -0.25) is 0 Å². The minimum atomic E-state index is -0.280. The lowest BCUT2D eigenvalue weighted by molar-refractivity contribution is 0.160. The molecule has 2 heterocycles. The van der Waals surface area contributed by atoms with Crippen molar-refractivity contribution >= 4 is 16.5 Å². The van der Waals surface area contributed by atoms with E-state index in [1.807, 2.05) is 0 Å². The number of anilines is 1. The number of rotatable bonds is 3. The summed E-state index contributed by atoms with van der Waals surface area (Å²) in [5.41, 5.74) is 1.13. The Morgan fingerprint density at radius 1 is 1.42 bits per heavy atom. The van der Waals surface area contributed by atoms with Gasteiger partial charge in [0.05, 0.1) is 16.7 Å². The molecule has 2 atom stereocenters. The van der Waals surface area contributed by atoms with Crippen LogP contribution < -0.4 is 4.90 Å². The van der Waals surface area contributed by atoms with Gasteiger partial charge < -0.3 is 14.9 Å². The fourth-order valence-corrected chi connectivity index (χ4v) is 4.25. The molecule has 1 fully saturated rings. The molecule has 1 aliphatic carbocycles. The highest BCUT2D eigenvalue weighted by molar-refractivity contribution is 7.15. The first kappa shape index (κ1) is 13.3. The fraction of sp³-hybridized carbons (Fsp3) is 0.786. The van der Waals surface area contributed by atoms with Crippen molar-refractivity contribution in [2.24, 2.45) is 0 Å². The number of nitrogens with zero attached hydrogens (tertiary/aromatic N) is 3. The van der Waals surface area contributed by atoms with Crippen molar-refractivity contribution in [2.45, 2.75) is 44.2 Å². The minimum absolute atomic E-state index is 0.280. The lowest BCUT2D eigenvalue weighted by atomic mass is 10.0. The topological polar surface area (TPSA) is 39.6 Å². The molecule has 106 valence electrons. The number of aromatic nitrogens is 1. The van der Waals surface area contributed by atoms with Crippen molar-refractivity contribution in [3.63, 3.8) is 0 Å². The Balaban J connectivity index is 1.71. The van der Waals surface area contributed by atoms with E-state index in [4.69, 9.17) is 4.98 Å². The molecule has 1 saturated heterocycles. The second-order valence-electron chi connectivity index (χ2n) is 5.87. The van der Waals surface area contributed by atoms with Gasteiger partial charge in [-0.15, -0.1) is 0 Å². The summed E-state index contributed by atoms with van der Waals surface area (Å²) in [6, 6.07) is 0.649. The number of likely N-dealkylation sites (N-methyl/N-ethyl adjacent to an activating group) is 2. The molecule has 0 amide bonds. The second kappa shape index (κ2) is 5.38. The zero-order valence-electron chi connectivity index (χ0n) is 11.8. The molecule has 3 rings (SSSR count). The molecule has 1 aromatic rings. The van der Waals surface area contributed by atoms with Crippen LogP contribution in [0.3, 0.4) is 0 Å². The molecule has 1 N–H and O–H groups in total. The van der Waals surface area contributed by atoms with Crippen molar-refractivity contribution in [3.05, 3.63) is 10.6 Å². The molecule has 19 heavy (non-hydrogen) atoms. The quantitative estimate of drug-likeness (QED) is 0.920. The predicted molar refractivity (Wildman–Crippen MR) is 78.9 cm³/mol. The average Bonchev–Trinajstić information content (AvgIpc) is 2.97. The summed E-state index contributed by atoms with van der Waals surface area (Å²) >= 11 is 1.68. The molecule has 2 aliphatic rings. The van der Waals surface area contributed by atoms with Gasteiger partial charge in [-0.05, 0) is 45.7 Å². The van der Waals surface area contributed by atoms with Crippen LogP contribution in [0.25, 0.3) is 0 Å². The summed E-state index contributed by atoms with van der Waals surface area (Å²) in [6.07, 6.45) is 5.30. The maximum absolute atomic E-state index is 10.0.